The molecule has 0 aromatic rings. The minimum Gasteiger partial charge on any atom is -0.481 e. The molecule has 2 N–H and O–H groups in total. The van der Waals surface area contributed by atoms with Gasteiger partial charge in [0.25, 0.3) is 0 Å². The number of rotatable bonds is 9. The summed E-state index contributed by atoms with van der Waals surface area (Å²) in [6.07, 6.45) is 3.71. The van der Waals surface area contributed by atoms with Crippen LogP contribution < -0.4 is 5.32 Å². The summed E-state index contributed by atoms with van der Waals surface area (Å²) in [5.74, 6) is 0.0194. The standard InChI is InChI=1S/C10H19NO3S/c1-2-3-4-5-9(12)11-6-7-15-8-10(13)14/h2-8H2,1H3,(H,11,12)(H,13,14). The van der Waals surface area contributed by atoms with E-state index in [-0.39, 0.29) is 11.7 Å². The first kappa shape index (κ1) is 14.3. The summed E-state index contributed by atoms with van der Waals surface area (Å²) in [6.45, 7) is 2.66. The molecule has 0 spiro atoms. The van der Waals surface area contributed by atoms with Crippen LogP contribution >= 0.6 is 11.8 Å². The van der Waals surface area contributed by atoms with Crippen LogP contribution in [0.5, 0.6) is 0 Å². The Morgan fingerprint density at radius 3 is 2.67 bits per heavy atom. The third kappa shape index (κ3) is 11.2. The number of nitrogens with one attached hydrogen (secondary N) is 1. The lowest BCUT2D eigenvalue weighted by atomic mass is 10.2. The van der Waals surface area contributed by atoms with Crippen LogP contribution in [0.15, 0.2) is 0 Å². The maximum Gasteiger partial charge on any atom is 0.313 e. The molecule has 0 saturated carbocycles. The maximum absolute atomic E-state index is 11.2. The number of carboxylic acid groups (broad SMARTS) is 1. The van der Waals surface area contributed by atoms with E-state index in [9.17, 15) is 9.59 Å². The highest BCUT2D eigenvalue weighted by Crippen LogP contribution is 1.99. The average Bonchev–Trinajstić information content (AvgIpc) is 2.17. The Kier molecular flexibility index (Phi) is 9.36. The van der Waals surface area contributed by atoms with Crippen molar-refractivity contribution in [2.45, 2.75) is 32.6 Å². The molecule has 0 aromatic carbocycles. The highest BCUT2D eigenvalue weighted by Gasteiger charge is 2.00. The molecule has 0 bridgehead atoms. The molecule has 0 aliphatic rings. The first-order chi connectivity index (χ1) is 7.16. The van der Waals surface area contributed by atoms with Gasteiger partial charge < -0.3 is 10.4 Å². The van der Waals surface area contributed by atoms with E-state index >= 15 is 0 Å². The Morgan fingerprint density at radius 2 is 2.07 bits per heavy atom. The van der Waals surface area contributed by atoms with Crippen molar-refractivity contribution in [3.05, 3.63) is 0 Å². The van der Waals surface area contributed by atoms with Crippen LogP contribution in [0.25, 0.3) is 0 Å². The number of unbranched alkanes of at least 4 members (excludes halogenated alkanes) is 2. The number of carboxylic acids is 1. The summed E-state index contributed by atoms with van der Waals surface area (Å²) in [7, 11) is 0. The molecule has 0 fully saturated rings. The van der Waals surface area contributed by atoms with Crippen molar-refractivity contribution in [3.63, 3.8) is 0 Å². The van der Waals surface area contributed by atoms with E-state index in [0.717, 1.165) is 19.3 Å². The third-order valence-corrected chi connectivity index (χ3v) is 2.75. The number of carbonyl (C=O) groups excluding carboxylic acids is 1. The number of hydrogen-bond donors (Lipinski definition) is 2. The lowest BCUT2D eigenvalue weighted by Crippen LogP contribution is -2.25. The van der Waals surface area contributed by atoms with Gasteiger partial charge in [0.1, 0.15) is 0 Å². The molecule has 88 valence electrons. The number of carbonyl (C=O) groups is 2. The normalized spacial score (nSPS) is 9.93. The summed E-state index contributed by atoms with van der Waals surface area (Å²) in [5, 5.41) is 11.1. The summed E-state index contributed by atoms with van der Waals surface area (Å²) in [5.41, 5.74) is 0. The van der Waals surface area contributed by atoms with Crippen LogP contribution in [0.1, 0.15) is 32.6 Å². The second-order valence-corrected chi connectivity index (χ2v) is 4.36. The van der Waals surface area contributed by atoms with Gasteiger partial charge in [-0.25, -0.2) is 0 Å². The molecule has 0 heterocycles. The van der Waals surface area contributed by atoms with E-state index in [2.05, 4.69) is 12.2 Å². The van der Waals surface area contributed by atoms with Crippen LogP contribution in [0, 0.1) is 0 Å². The van der Waals surface area contributed by atoms with Crippen molar-refractivity contribution in [3.8, 4) is 0 Å². The summed E-state index contributed by atoms with van der Waals surface area (Å²) in [6, 6.07) is 0. The van der Waals surface area contributed by atoms with Crippen molar-refractivity contribution in [1.82, 2.24) is 5.32 Å². The Balaban J connectivity index is 3.20. The van der Waals surface area contributed by atoms with Gasteiger partial charge in [-0.05, 0) is 6.42 Å². The van der Waals surface area contributed by atoms with Gasteiger partial charge in [-0.1, -0.05) is 19.8 Å². The number of thioether (sulfide) groups is 1. The predicted molar refractivity (Wildman–Crippen MR) is 62.1 cm³/mol. The van der Waals surface area contributed by atoms with Gasteiger partial charge in [0.15, 0.2) is 0 Å². The van der Waals surface area contributed by atoms with Crippen molar-refractivity contribution in [2.75, 3.05) is 18.1 Å². The fourth-order valence-corrected chi connectivity index (χ4v) is 1.61. The topological polar surface area (TPSA) is 66.4 Å². The first-order valence-electron chi connectivity index (χ1n) is 5.23. The molecule has 0 radical (unpaired) electrons. The maximum atomic E-state index is 11.2. The van der Waals surface area contributed by atoms with Gasteiger partial charge in [-0.15, -0.1) is 11.8 Å². The Morgan fingerprint density at radius 1 is 1.33 bits per heavy atom. The Bertz CT molecular complexity index is 197. The number of hydrogen-bond acceptors (Lipinski definition) is 3. The van der Waals surface area contributed by atoms with E-state index in [4.69, 9.17) is 5.11 Å². The molecule has 4 nitrogen and oxygen atoms in total. The predicted octanol–water partition coefficient (Wildman–Crippen LogP) is 1.50. The zero-order valence-corrected chi connectivity index (χ0v) is 9.94. The van der Waals surface area contributed by atoms with E-state index in [1.807, 2.05) is 0 Å². The largest absolute Gasteiger partial charge is 0.481 e. The quantitative estimate of drug-likeness (QED) is 0.592. The van der Waals surface area contributed by atoms with Gasteiger partial charge in [-0.2, -0.15) is 0 Å². The van der Waals surface area contributed by atoms with Gasteiger partial charge in [0.2, 0.25) is 5.91 Å². The number of aliphatic carboxylic acids is 1. The summed E-state index contributed by atoms with van der Waals surface area (Å²) in [4.78, 5) is 21.3. The van der Waals surface area contributed by atoms with E-state index in [0.29, 0.717) is 18.7 Å². The van der Waals surface area contributed by atoms with Gasteiger partial charge in [0, 0.05) is 18.7 Å². The van der Waals surface area contributed by atoms with Crippen LogP contribution in [-0.2, 0) is 9.59 Å². The second kappa shape index (κ2) is 9.83. The third-order valence-electron chi connectivity index (χ3n) is 1.80. The van der Waals surface area contributed by atoms with Crippen molar-refractivity contribution in [1.29, 1.82) is 0 Å². The first-order valence-corrected chi connectivity index (χ1v) is 6.38. The molecule has 0 aromatic heterocycles. The van der Waals surface area contributed by atoms with Gasteiger partial charge in [-0.3, -0.25) is 9.59 Å². The van der Waals surface area contributed by atoms with Gasteiger partial charge >= 0.3 is 5.97 Å². The van der Waals surface area contributed by atoms with Crippen LogP contribution in [-0.4, -0.2) is 35.0 Å². The molecule has 0 aliphatic heterocycles. The second-order valence-electron chi connectivity index (χ2n) is 3.25. The highest BCUT2D eigenvalue weighted by molar-refractivity contribution is 7.99. The average molecular weight is 233 g/mol. The molecule has 0 unspecified atom stereocenters. The van der Waals surface area contributed by atoms with Crippen LogP contribution in [0.3, 0.4) is 0 Å². The molecule has 1 amide bonds. The monoisotopic (exact) mass is 233 g/mol. The van der Waals surface area contributed by atoms with Crippen molar-refractivity contribution >= 4 is 23.6 Å². The Labute approximate surface area is 94.8 Å². The summed E-state index contributed by atoms with van der Waals surface area (Å²) >= 11 is 1.32. The highest BCUT2D eigenvalue weighted by atomic mass is 32.2. The SMILES string of the molecule is CCCCCC(=O)NCCSCC(=O)O. The van der Waals surface area contributed by atoms with E-state index in [1.165, 1.54) is 11.8 Å². The summed E-state index contributed by atoms with van der Waals surface area (Å²) < 4.78 is 0. The van der Waals surface area contributed by atoms with Gasteiger partial charge in [0.05, 0.1) is 5.75 Å². The van der Waals surface area contributed by atoms with E-state index in [1.54, 1.807) is 0 Å². The fourth-order valence-electron chi connectivity index (χ4n) is 1.05. The lowest BCUT2D eigenvalue weighted by molar-refractivity contribution is -0.133. The molecule has 0 atom stereocenters. The fraction of sp³-hybridized carbons (Fsp3) is 0.800. The zero-order chi connectivity index (χ0) is 11.5. The van der Waals surface area contributed by atoms with Crippen LogP contribution in [0.4, 0.5) is 0 Å². The smallest absolute Gasteiger partial charge is 0.313 e. The Hall–Kier alpha value is -0.710. The molecule has 15 heavy (non-hydrogen) atoms. The molecule has 5 heteroatoms. The minimum atomic E-state index is -0.811. The molecule has 0 aliphatic carbocycles. The molecular weight excluding hydrogens is 214 g/mol. The molecule has 0 rings (SSSR count). The molecular formula is C10H19NO3S. The van der Waals surface area contributed by atoms with Crippen molar-refractivity contribution < 1.29 is 14.7 Å². The minimum absolute atomic E-state index is 0.0689. The van der Waals surface area contributed by atoms with Crippen LogP contribution in [0.2, 0.25) is 0 Å². The molecule has 0 saturated heterocycles. The lowest BCUT2D eigenvalue weighted by Gasteiger charge is -2.03. The van der Waals surface area contributed by atoms with E-state index < -0.39 is 5.97 Å². The van der Waals surface area contributed by atoms with Crippen molar-refractivity contribution in [2.24, 2.45) is 0 Å². The number of amides is 1. The zero-order valence-electron chi connectivity index (χ0n) is 9.12.